The maximum Gasteiger partial charge on any atom is 0.306 e. The molecule has 0 aliphatic rings. The summed E-state index contributed by atoms with van der Waals surface area (Å²) in [5.74, 6) is -1.73. The largest absolute Gasteiger partial charge is 0.544 e. The van der Waals surface area contributed by atoms with Gasteiger partial charge in [0.05, 0.1) is 40.3 Å². The van der Waals surface area contributed by atoms with Gasteiger partial charge in [-0.25, -0.2) is 0 Å². The summed E-state index contributed by atoms with van der Waals surface area (Å²) in [4.78, 5) is 36.9. The summed E-state index contributed by atoms with van der Waals surface area (Å²) in [5, 5.41) is 11.6. The van der Waals surface area contributed by atoms with Gasteiger partial charge >= 0.3 is 11.9 Å². The van der Waals surface area contributed by atoms with Crippen molar-refractivity contribution in [3.63, 3.8) is 0 Å². The Morgan fingerprint density at radius 3 is 1.35 bits per heavy atom. The third-order valence-electron chi connectivity index (χ3n) is 10.9. The van der Waals surface area contributed by atoms with Crippen LogP contribution < -0.4 is 5.11 Å². The second kappa shape index (κ2) is 40.6. The summed E-state index contributed by atoms with van der Waals surface area (Å²) in [6.45, 7) is 4.66. The molecule has 0 aliphatic carbocycles. The molecule has 0 bridgehead atoms. The van der Waals surface area contributed by atoms with Crippen molar-refractivity contribution in [1.82, 2.24) is 0 Å². The van der Waals surface area contributed by atoms with Crippen LogP contribution in [-0.2, 0) is 28.6 Å². The van der Waals surface area contributed by atoms with E-state index in [1.807, 2.05) is 0 Å². The Labute approximate surface area is 351 Å². The second-order valence-electron chi connectivity index (χ2n) is 17.4. The van der Waals surface area contributed by atoms with E-state index in [2.05, 4.69) is 38.2 Å². The first-order valence-electron chi connectivity index (χ1n) is 23.9. The number of carboxylic acids is 1. The van der Waals surface area contributed by atoms with E-state index in [1.54, 1.807) is 21.1 Å². The van der Waals surface area contributed by atoms with E-state index >= 15 is 0 Å². The molecule has 0 spiro atoms. The summed E-state index contributed by atoms with van der Waals surface area (Å²) in [6, 6.07) is -0.723. The Balaban J connectivity index is 4.25. The van der Waals surface area contributed by atoms with Crippen molar-refractivity contribution >= 4 is 17.9 Å². The average molecular weight is 806 g/mol. The fourth-order valence-electron chi connectivity index (χ4n) is 7.12. The first-order chi connectivity index (χ1) is 27.6. The molecule has 8 nitrogen and oxygen atoms in total. The minimum absolute atomic E-state index is 0.0442. The summed E-state index contributed by atoms with van der Waals surface area (Å²) in [5.41, 5.74) is 0. The second-order valence-corrected chi connectivity index (χ2v) is 17.4. The molecule has 334 valence electrons. The lowest BCUT2D eigenvalue weighted by atomic mass is 10.0. The highest BCUT2D eigenvalue weighted by atomic mass is 16.6. The summed E-state index contributed by atoms with van der Waals surface area (Å²) in [6.07, 6.45) is 44.8. The van der Waals surface area contributed by atoms with Gasteiger partial charge in [0.1, 0.15) is 12.6 Å². The fraction of sp³-hybridized carbons (Fsp3) is 0.857. The van der Waals surface area contributed by atoms with Crippen LogP contribution in [0.2, 0.25) is 0 Å². The number of carbonyl (C=O) groups is 3. The quantitative estimate of drug-likeness (QED) is 0.0262. The van der Waals surface area contributed by atoms with Gasteiger partial charge in [-0.3, -0.25) is 9.59 Å². The van der Waals surface area contributed by atoms with Crippen LogP contribution in [0.25, 0.3) is 0 Å². The SMILES string of the molecule is CCCCC/C=C/C=C/CCCCCCCCCCCCC(=O)OCC(COCCC(C(=O)[O-])[N+](C)(C)C)OC(=O)CCCCCCCCCCCCCCCC. The van der Waals surface area contributed by atoms with Gasteiger partial charge in [0.2, 0.25) is 0 Å². The molecule has 0 radical (unpaired) electrons. The van der Waals surface area contributed by atoms with Crippen LogP contribution >= 0.6 is 0 Å². The number of hydrogen-bond donors (Lipinski definition) is 0. The van der Waals surface area contributed by atoms with E-state index in [1.165, 1.54) is 148 Å². The molecular formula is C49H91NO7. The third-order valence-corrected chi connectivity index (χ3v) is 10.9. The molecule has 57 heavy (non-hydrogen) atoms. The van der Waals surface area contributed by atoms with E-state index in [9.17, 15) is 19.5 Å². The van der Waals surface area contributed by atoms with Crippen molar-refractivity contribution in [3.8, 4) is 0 Å². The van der Waals surface area contributed by atoms with Crippen molar-refractivity contribution in [2.24, 2.45) is 0 Å². The Kier molecular flexibility index (Phi) is 39.0. The molecule has 0 aromatic heterocycles. The van der Waals surface area contributed by atoms with E-state index < -0.39 is 18.1 Å². The van der Waals surface area contributed by atoms with Crippen LogP contribution in [0, 0.1) is 0 Å². The molecule has 0 amide bonds. The molecule has 0 aromatic carbocycles. The van der Waals surface area contributed by atoms with Crippen LogP contribution in [0.1, 0.15) is 219 Å². The number of likely N-dealkylation sites (N-methyl/N-ethyl adjacent to an activating group) is 1. The molecule has 8 heteroatoms. The van der Waals surface area contributed by atoms with Crippen LogP contribution in [-0.4, -0.2) is 75.5 Å². The number of carbonyl (C=O) groups excluding carboxylic acids is 3. The Morgan fingerprint density at radius 1 is 0.526 bits per heavy atom. The summed E-state index contributed by atoms with van der Waals surface area (Å²) < 4.78 is 17.2. The molecule has 0 rings (SSSR count). The zero-order valence-corrected chi connectivity index (χ0v) is 38.0. The smallest absolute Gasteiger partial charge is 0.306 e. The number of quaternary nitrogens is 1. The minimum Gasteiger partial charge on any atom is -0.544 e. The number of ether oxygens (including phenoxy) is 3. The van der Waals surface area contributed by atoms with Gasteiger partial charge in [0.15, 0.2) is 6.10 Å². The zero-order valence-electron chi connectivity index (χ0n) is 38.0. The summed E-state index contributed by atoms with van der Waals surface area (Å²) >= 11 is 0. The maximum absolute atomic E-state index is 12.7. The molecule has 0 aromatic rings. The number of carboxylic acid groups (broad SMARTS) is 1. The Bertz CT molecular complexity index is 989. The van der Waals surface area contributed by atoms with Crippen molar-refractivity contribution in [2.75, 3.05) is 41.0 Å². The number of nitrogens with zero attached hydrogens (tertiary/aromatic N) is 1. The zero-order chi connectivity index (χ0) is 42.1. The van der Waals surface area contributed by atoms with Crippen molar-refractivity contribution in [1.29, 1.82) is 0 Å². The lowest BCUT2D eigenvalue weighted by molar-refractivity contribution is -0.889. The van der Waals surface area contributed by atoms with Crippen molar-refractivity contribution in [3.05, 3.63) is 24.3 Å². The highest BCUT2D eigenvalue weighted by Gasteiger charge is 2.25. The van der Waals surface area contributed by atoms with Gasteiger partial charge in [-0.15, -0.1) is 0 Å². The molecular weight excluding hydrogens is 715 g/mol. The number of hydrogen-bond acceptors (Lipinski definition) is 7. The van der Waals surface area contributed by atoms with Crippen LogP contribution in [0.4, 0.5) is 0 Å². The van der Waals surface area contributed by atoms with Gasteiger partial charge in [-0.2, -0.15) is 0 Å². The van der Waals surface area contributed by atoms with Gasteiger partial charge in [-0.1, -0.05) is 186 Å². The van der Waals surface area contributed by atoms with E-state index in [-0.39, 0.29) is 42.7 Å². The molecule has 0 saturated heterocycles. The van der Waals surface area contributed by atoms with E-state index in [4.69, 9.17) is 14.2 Å². The van der Waals surface area contributed by atoms with Crippen LogP contribution in [0.5, 0.6) is 0 Å². The fourth-order valence-corrected chi connectivity index (χ4v) is 7.12. The predicted molar refractivity (Wildman–Crippen MR) is 236 cm³/mol. The highest BCUT2D eigenvalue weighted by molar-refractivity contribution is 5.70. The van der Waals surface area contributed by atoms with Crippen LogP contribution in [0.3, 0.4) is 0 Å². The maximum atomic E-state index is 12.7. The van der Waals surface area contributed by atoms with Crippen LogP contribution in [0.15, 0.2) is 24.3 Å². The van der Waals surface area contributed by atoms with E-state index in [0.717, 1.165) is 38.5 Å². The molecule has 0 N–H and O–H groups in total. The third kappa shape index (κ3) is 39.1. The molecule has 0 fully saturated rings. The number of unbranched alkanes of at least 4 members (excludes halogenated alkanes) is 26. The number of rotatable bonds is 43. The van der Waals surface area contributed by atoms with Gasteiger partial charge in [0, 0.05) is 19.3 Å². The Hall–Kier alpha value is -2.19. The topological polar surface area (TPSA) is 102 Å². The first-order valence-corrected chi connectivity index (χ1v) is 23.9. The van der Waals surface area contributed by atoms with Crippen molar-refractivity contribution in [2.45, 2.75) is 231 Å². The average Bonchev–Trinajstić information content (AvgIpc) is 3.17. The predicted octanol–water partition coefficient (Wildman–Crippen LogP) is 11.9. The normalized spacial score (nSPS) is 13.1. The monoisotopic (exact) mass is 806 g/mol. The van der Waals surface area contributed by atoms with Gasteiger partial charge in [-0.05, 0) is 38.5 Å². The van der Waals surface area contributed by atoms with E-state index in [0.29, 0.717) is 12.8 Å². The highest BCUT2D eigenvalue weighted by Crippen LogP contribution is 2.16. The Morgan fingerprint density at radius 2 is 0.912 bits per heavy atom. The lowest BCUT2D eigenvalue weighted by Gasteiger charge is -2.34. The minimum atomic E-state index is -1.12. The molecule has 0 aliphatic heterocycles. The molecule has 2 atom stereocenters. The number of aliphatic carboxylic acids is 1. The first kappa shape index (κ1) is 54.8. The molecule has 0 saturated carbocycles. The van der Waals surface area contributed by atoms with Crippen molar-refractivity contribution < 1.29 is 38.2 Å². The molecule has 0 heterocycles. The van der Waals surface area contributed by atoms with Gasteiger partial charge in [0.25, 0.3) is 0 Å². The number of esters is 2. The molecule has 2 unspecified atom stereocenters. The lowest BCUT2D eigenvalue weighted by Crippen LogP contribution is -2.55. The number of allylic oxidation sites excluding steroid dienone is 4. The van der Waals surface area contributed by atoms with Gasteiger partial charge < -0.3 is 28.6 Å². The standard InChI is InChI=1S/C49H91NO7/c1-6-8-10-12-14-16-18-20-22-23-24-25-26-28-29-31-33-35-37-39-47(51)56-44-45(43-55-42-41-46(49(53)54)50(3,4)5)57-48(52)40-38-36-34-32-30-27-21-19-17-15-13-11-9-7-2/h14,16,18,20,45-46H,6-13,15,17,19,21-44H2,1-5H3/b16-14+,20-18+. The summed E-state index contributed by atoms with van der Waals surface area (Å²) in [7, 11) is 5.42.